The Bertz CT molecular complexity index is 1050. The predicted molar refractivity (Wildman–Crippen MR) is 107 cm³/mol. The molecule has 1 aliphatic rings. The normalized spacial score (nSPS) is 20.2. The summed E-state index contributed by atoms with van der Waals surface area (Å²) in [5.74, 6) is -7.21. The van der Waals surface area contributed by atoms with E-state index in [1.807, 2.05) is 0 Å². The number of carbonyl (C=O) groups is 1. The van der Waals surface area contributed by atoms with Crippen LogP contribution >= 0.6 is 23.2 Å². The summed E-state index contributed by atoms with van der Waals surface area (Å²) < 4.78 is 73.6. The molecule has 32 heavy (non-hydrogen) atoms. The van der Waals surface area contributed by atoms with Crippen LogP contribution in [0.15, 0.2) is 53.6 Å². The van der Waals surface area contributed by atoms with E-state index in [2.05, 4.69) is 5.10 Å². The molecule has 2 atom stereocenters. The van der Waals surface area contributed by atoms with E-state index < -0.39 is 36.3 Å². The van der Waals surface area contributed by atoms with Crippen molar-refractivity contribution in [3.05, 3.63) is 64.1 Å². The minimum absolute atomic E-state index is 0.0251. The molecule has 1 amide bonds. The highest BCUT2D eigenvalue weighted by molar-refractivity contribution is 6.35. The Balaban J connectivity index is 1.99. The van der Waals surface area contributed by atoms with Crippen molar-refractivity contribution in [2.45, 2.75) is 37.3 Å². The average molecular weight is 497 g/mol. The van der Waals surface area contributed by atoms with E-state index in [0.717, 1.165) is 6.92 Å². The van der Waals surface area contributed by atoms with Crippen molar-refractivity contribution in [1.29, 1.82) is 0 Å². The van der Waals surface area contributed by atoms with E-state index in [4.69, 9.17) is 27.9 Å². The second-order valence-electron chi connectivity index (χ2n) is 6.96. The maximum atomic E-state index is 14.4. The quantitative estimate of drug-likeness (QED) is 0.572. The fraction of sp³-hybridized carbons (Fsp3) is 0.300. The SMILES string of the molecule is C[C@@H](Oc1ccc(Cl)cc1Cl)C(=O)N1N=C(c2ccccc2)C[C@]1(O)C(F)(F)C(F)(F)F. The summed E-state index contributed by atoms with van der Waals surface area (Å²) in [4.78, 5) is 12.9. The molecule has 3 rings (SSSR count). The van der Waals surface area contributed by atoms with E-state index in [1.165, 1.54) is 42.5 Å². The molecule has 5 nitrogen and oxygen atoms in total. The van der Waals surface area contributed by atoms with Gasteiger partial charge in [-0.05, 0) is 30.7 Å². The fourth-order valence-corrected chi connectivity index (χ4v) is 3.48. The Hall–Kier alpha value is -2.43. The second-order valence-corrected chi connectivity index (χ2v) is 7.81. The van der Waals surface area contributed by atoms with Crippen molar-refractivity contribution in [3.8, 4) is 5.75 Å². The lowest BCUT2D eigenvalue weighted by molar-refractivity contribution is -0.364. The number of hydrazone groups is 1. The van der Waals surface area contributed by atoms with Gasteiger partial charge in [0.2, 0.25) is 5.72 Å². The van der Waals surface area contributed by atoms with Crippen LogP contribution in [0.5, 0.6) is 5.75 Å². The van der Waals surface area contributed by atoms with E-state index in [-0.39, 0.29) is 32.1 Å². The number of amides is 1. The van der Waals surface area contributed by atoms with Crippen LogP contribution in [0, 0.1) is 0 Å². The van der Waals surface area contributed by atoms with E-state index in [1.54, 1.807) is 6.07 Å². The van der Waals surface area contributed by atoms with Crippen molar-refractivity contribution < 1.29 is 36.6 Å². The Morgan fingerprint density at radius 2 is 1.78 bits per heavy atom. The lowest BCUT2D eigenvalue weighted by atomic mass is 9.95. The molecule has 0 aromatic heterocycles. The van der Waals surface area contributed by atoms with Gasteiger partial charge in [-0.25, -0.2) is 0 Å². The van der Waals surface area contributed by atoms with E-state index in [0.29, 0.717) is 0 Å². The third kappa shape index (κ3) is 4.26. The minimum Gasteiger partial charge on any atom is -0.479 e. The van der Waals surface area contributed by atoms with E-state index in [9.17, 15) is 31.9 Å². The molecule has 1 heterocycles. The molecule has 0 saturated carbocycles. The molecule has 2 aromatic carbocycles. The minimum atomic E-state index is -6.16. The largest absolute Gasteiger partial charge is 0.479 e. The van der Waals surface area contributed by atoms with Crippen LogP contribution in [0.3, 0.4) is 0 Å². The molecule has 172 valence electrons. The first-order chi connectivity index (χ1) is 14.8. The Morgan fingerprint density at radius 3 is 2.34 bits per heavy atom. The number of aliphatic hydroxyl groups is 1. The molecular formula is C20H15Cl2F5N2O3. The number of carbonyl (C=O) groups excluding carboxylic acids is 1. The molecule has 0 aliphatic carbocycles. The van der Waals surface area contributed by atoms with Crippen molar-refractivity contribution in [3.63, 3.8) is 0 Å². The summed E-state index contributed by atoms with van der Waals surface area (Å²) in [5.41, 5.74) is -4.18. The zero-order valence-electron chi connectivity index (χ0n) is 16.2. The van der Waals surface area contributed by atoms with Crippen LogP contribution in [0.25, 0.3) is 0 Å². The number of rotatable bonds is 5. The highest BCUT2D eigenvalue weighted by Crippen LogP contribution is 2.49. The molecule has 0 bridgehead atoms. The van der Waals surface area contributed by atoms with Gasteiger partial charge in [-0.3, -0.25) is 4.79 Å². The third-order valence-corrected chi connectivity index (χ3v) is 5.24. The van der Waals surface area contributed by atoms with Gasteiger partial charge in [0.15, 0.2) is 6.10 Å². The van der Waals surface area contributed by atoms with Gasteiger partial charge in [0.25, 0.3) is 5.91 Å². The molecular weight excluding hydrogens is 482 g/mol. The van der Waals surface area contributed by atoms with Crippen LogP contribution in [-0.2, 0) is 4.79 Å². The summed E-state index contributed by atoms with van der Waals surface area (Å²) >= 11 is 11.7. The first-order valence-electron chi connectivity index (χ1n) is 9.03. The molecule has 0 fully saturated rings. The lowest BCUT2D eigenvalue weighted by Gasteiger charge is -2.38. The summed E-state index contributed by atoms with van der Waals surface area (Å²) in [6.45, 7) is 1.09. The monoisotopic (exact) mass is 496 g/mol. The number of nitrogens with zero attached hydrogens (tertiary/aromatic N) is 2. The first kappa shape index (κ1) is 24.2. The average Bonchev–Trinajstić information content (AvgIpc) is 3.08. The zero-order chi connectivity index (χ0) is 23.9. The van der Waals surface area contributed by atoms with Gasteiger partial charge in [0.05, 0.1) is 10.7 Å². The van der Waals surface area contributed by atoms with Crippen LogP contribution in [-0.4, -0.2) is 45.7 Å². The molecule has 0 spiro atoms. The first-order valence-corrected chi connectivity index (χ1v) is 9.79. The fourth-order valence-electron chi connectivity index (χ4n) is 3.02. The molecule has 2 aromatic rings. The van der Waals surface area contributed by atoms with Gasteiger partial charge in [-0.15, -0.1) is 0 Å². The number of hydrogen-bond donors (Lipinski definition) is 1. The van der Waals surface area contributed by atoms with Crippen molar-refractivity contribution in [2.75, 3.05) is 0 Å². The lowest BCUT2D eigenvalue weighted by Crippen LogP contribution is -2.65. The number of halogens is 7. The van der Waals surface area contributed by atoms with Gasteiger partial charge in [-0.2, -0.15) is 32.1 Å². The van der Waals surface area contributed by atoms with Crippen LogP contribution < -0.4 is 4.74 Å². The van der Waals surface area contributed by atoms with Gasteiger partial charge < -0.3 is 9.84 Å². The van der Waals surface area contributed by atoms with E-state index >= 15 is 0 Å². The van der Waals surface area contributed by atoms with Gasteiger partial charge >= 0.3 is 12.1 Å². The maximum Gasteiger partial charge on any atom is 0.458 e. The van der Waals surface area contributed by atoms with Crippen LogP contribution in [0.1, 0.15) is 18.9 Å². The second kappa shape index (κ2) is 8.49. The van der Waals surface area contributed by atoms with Gasteiger partial charge in [0, 0.05) is 11.4 Å². The Labute approximate surface area is 189 Å². The third-order valence-electron chi connectivity index (χ3n) is 4.71. The molecule has 1 aliphatic heterocycles. The number of hydrogen-bond acceptors (Lipinski definition) is 4. The summed E-state index contributed by atoms with van der Waals surface area (Å²) in [7, 11) is 0. The Kier molecular flexibility index (Phi) is 6.43. The number of alkyl halides is 5. The van der Waals surface area contributed by atoms with Crippen molar-refractivity contribution in [2.24, 2.45) is 5.10 Å². The molecule has 12 heteroatoms. The highest BCUT2D eigenvalue weighted by Gasteiger charge is 2.75. The Morgan fingerprint density at radius 1 is 1.16 bits per heavy atom. The zero-order valence-corrected chi connectivity index (χ0v) is 17.7. The topological polar surface area (TPSA) is 62.1 Å². The number of benzene rings is 2. The van der Waals surface area contributed by atoms with Gasteiger partial charge in [0.1, 0.15) is 5.75 Å². The smallest absolute Gasteiger partial charge is 0.458 e. The highest BCUT2D eigenvalue weighted by atomic mass is 35.5. The molecule has 0 unspecified atom stereocenters. The molecule has 0 radical (unpaired) electrons. The van der Waals surface area contributed by atoms with Crippen LogP contribution in [0.4, 0.5) is 22.0 Å². The standard InChI is InChI=1S/C20H15Cl2F5N2O3/c1-11(32-16-8-7-13(21)9-14(16)22)17(30)29-18(31,19(23,24)20(25,26)27)10-15(28-29)12-5-3-2-4-6-12/h2-9,11,31H,10H2,1H3/t11-,18+/m1/s1. The predicted octanol–water partition coefficient (Wildman–Crippen LogP) is 5.28. The van der Waals surface area contributed by atoms with Gasteiger partial charge in [-0.1, -0.05) is 53.5 Å². The number of ether oxygens (including phenoxy) is 1. The maximum absolute atomic E-state index is 14.4. The summed E-state index contributed by atoms with van der Waals surface area (Å²) in [5, 5.41) is 14.1. The van der Waals surface area contributed by atoms with Crippen molar-refractivity contribution in [1.82, 2.24) is 5.01 Å². The summed E-state index contributed by atoms with van der Waals surface area (Å²) in [6.07, 6.45) is -9.06. The van der Waals surface area contributed by atoms with Crippen molar-refractivity contribution >= 4 is 34.8 Å². The summed E-state index contributed by atoms with van der Waals surface area (Å²) in [6, 6.07) is 11.3. The molecule has 1 N–H and O–H groups in total. The molecule has 0 saturated heterocycles. The van der Waals surface area contributed by atoms with Crippen LogP contribution in [0.2, 0.25) is 10.0 Å².